The van der Waals surface area contributed by atoms with E-state index in [1.54, 1.807) is 24.5 Å². The van der Waals surface area contributed by atoms with Crippen molar-refractivity contribution in [1.82, 2.24) is 9.88 Å². The number of benzene rings is 1. The second-order valence-electron chi connectivity index (χ2n) is 4.85. The lowest BCUT2D eigenvalue weighted by atomic mass is 10.2. The number of hydrogen-bond donors (Lipinski definition) is 0. The van der Waals surface area contributed by atoms with Gasteiger partial charge in [-0.3, -0.25) is 9.78 Å². The highest BCUT2D eigenvalue weighted by molar-refractivity contribution is 5.94. The Kier molecular flexibility index (Phi) is 5.17. The molecule has 0 aliphatic carbocycles. The van der Waals surface area contributed by atoms with Crippen molar-refractivity contribution in [2.24, 2.45) is 0 Å². The number of pyridine rings is 1. The van der Waals surface area contributed by atoms with Crippen LogP contribution in [0, 0.1) is 0 Å². The van der Waals surface area contributed by atoms with Crippen molar-refractivity contribution in [1.29, 1.82) is 0 Å². The summed E-state index contributed by atoms with van der Waals surface area (Å²) in [6.07, 6.45) is 3.32. The molecule has 3 rings (SSSR count). The van der Waals surface area contributed by atoms with E-state index in [0.29, 0.717) is 5.56 Å². The normalized spacial score (nSPS) is 14.5. The Labute approximate surface area is 130 Å². The number of piperazine rings is 1. The van der Waals surface area contributed by atoms with E-state index in [1.165, 1.54) is 5.69 Å². The summed E-state index contributed by atoms with van der Waals surface area (Å²) in [7, 11) is 0. The predicted octanol–water partition coefficient (Wildman–Crippen LogP) is 2.47. The van der Waals surface area contributed by atoms with Crippen LogP contribution in [0.4, 0.5) is 5.69 Å². The Morgan fingerprint density at radius 3 is 2.14 bits per heavy atom. The molecule has 2 heterocycles. The van der Waals surface area contributed by atoms with Gasteiger partial charge in [0.1, 0.15) is 0 Å². The van der Waals surface area contributed by atoms with Gasteiger partial charge in [-0.05, 0) is 24.3 Å². The third-order valence-corrected chi connectivity index (χ3v) is 3.62. The molecule has 0 spiro atoms. The lowest BCUT2D eigenvalue weighted by Crippen LogP contribution is -2.48. The molecule has 1 aromatic heterocycles. The average Bonchev–Trinajstić information content (AvgIpc) is 2.56. The summed E-state index contributed by atoms with van der Waals surface area (Å²) in [4.78, 5) is 20.5. The maximum Gasteiger partial charge on any atom is 0.254 e. The SMILES string of the molecule is Cl.O=C(c1ccncc1)N1CCN(c2ccccc2)CC1. The van der Waals surface area contributed by atoms with Gasteiger partial charge in [0.25, 0.3) is 5.91 Å². The van der Waals surface area contributed by atoms with E-state index in [2.05, 4.69) is 22.0 Å². The third-order valence-electron chi connectivity index (χ3n) is 3.62. The van der Waals surface area contributed by atoms with E-state index >= 15 is 0 Å². The molecule has 0 radical (unpaired) electrons. The monoisotopic (exact) mass is 303 g/mol. The average molecular weight is 304 g/mol. The number of halogens is 1. The minimum Gasteiger partial charge on any atom is -0.368 e. The van der Waals surface area contributed by atoms with Crippen molar-refractivity contribution in [2.45, 2.75) is 0 Å². The minimum atomic E-state index is 0. The fraction of sp³-hybridized carbons (Fsp3) is 0.250. The smallest absolute Gasteiger partial charge is 0.254 e. The van der Waals surface area contributed by atoms with Gasteiger partial charge in [-0.15, -0.1) is 12.4 Å². The number of carbonyl (C=O) groups is 1. The van der Waals surface area contributed by atoms with Crippen molar-refractivity contribution in [3.63, 3.8) is 0 Å². The molecule has 0 bridgehead atoms. The van der Waals surface area contributed by atoms with Gasteiger partial charge in [0.2, 0.25) is 0 Å². The van der Waals surface area contributed by atoms with Crippen LogP contribution >= 0.6 is 12.4 Å². The van der Waals surface area contributed by atoms with Gasteiger partial charge in [0.15, 0.2) is 0 Å². The summed E-state index contributed by atoms with van der Waals surface area (Å²) >= 11 is 0. The van der Waals surface area contributed by atoms with Crippen LogP contribution in [0.1, 0.15) is 10.4 Å². The van der Waals surface area contributed by atoms with Crippen LogP contribution in [0.3, 0.4) is 0 Å². The lowest BCUT2D eigenvalue weighted by Gasteiger charge is -2.36. The highest BCUT2D eigenvalue weighted by atomic mass is 35.5. The molecule has 0 atom stereocenters. The van der Waals surface area contributed by atoms with Crippen molar-refractivity contribution in [3.05, 3.63) is 60.4 Å². The number of anilines is 1. The zero-order valence-corrected chi connectivity index (χ0v) is 12.5. The number of rotatable bonds is 2. The van der Waals surface area contributed by atoms with Gasteiger partial charge in [0.05, 0.1) is 0 Å². The topological polar surface area (TPSA) is 36.4 Å². The molecule has 2 aromatic rings. The van der Waals surface area contributed by atoms with Gasteiger partial charge in [-0.25, -0.2) is 0 Å². The molecule has 21 heavy (non-hydrogen) atoms. The molecule has 1 aromatic carbocycles. The van der Waals surface area contributed by atoms with E-state index in [0.717, 1.165) is 26.2 Å². The second kappa shape index (κ2) is 7.09. The fourth-order valence-corrected chi connectivity index (χ4v) is 2.48. The summed E-state index contributed by atoms with van der Waals surface area (Å²) in [6.45, 7) is 3.27. The van der Waals surface area contributed by atoms with Crippen LogP contribution < -0.4 is 4.90 Å². The maximum atomic E-state index is 12.3. The Hall–Kier alpha value is -2.07. The van der Waals surface area contributed by atoms with Gasteiger partial charge in [-0.1, -0.05) is 18.2 Å². The molecule has 1 aliphatic heterocycles. The van der Waals surface area contributed by atoms with E-state index in [1.807, 2.05) is 23.1 Å². The van der Waals surface area contributed by atoms with Crippen molar-refractivity contribution < 1.29 is 4.79 Å². The molecular formula is C16H18ClN3O. The van der Waals surface area contributed by atoms with E-state index in [9.17, 15) is 4.79 Å². The molecular weight excluding hydrogens is 286 g/mol. The number of para-hydroxylation sites is 1. The van der Waals surface area contributed by atoms with Crippen LogP contribution in [-0.4, -0.2) is 42.0 Å². The highest BCUT2D eigenvalue weighted by Gasteiger charge is 2.21. The first-order chi connectivity index (χ1) is 9.84. The van der Waals surface area contributed by atoms with Gasteiger partial charge in [-0.2, -0.15) is 0 Å². The maximum absolute atomic E-state index is 12.3. The first-order valence-corrected chi connectivity index (χ1v) is 6.84. The number of carbonyl (C=O) groups excluding carboxylic acids is 1. The van der Waals surface area contributed by atoms with Crippen LogP contribution in [0.2, 0.25) is 0 Å². The summed E-state index contributed by atoms with van der Waals surface area (Å²) in [5, 5.41) is 0. The number of aromatic nitrogens is 1. The zero-order chi connectivity index (χ0) is 13.8. The Morgan fingerprint density at radius 1 is 0.905 bits per heavy atom. The van der Waals surface area contributed by atoms with E-state index in [-0.39, 0.29) is 18.3 Å². The minimum absolute atomic E-state index is 0. The first kappa shape index (κ1) is 15.3. The quantitative estimate of drug-likeness (QED) is 0.855. The number of amides is 1. The molecule has 110 valence electrons. The van der Waals surface area contributed by atoms with Crippen LogP contribution in [0.15, 0.2) is 54.9 Å². The molecule has 0 saturated carbocycles. The Morgan fingerprint density at radius 2 is 1.52 bits per heavy atom. The van der Waals surface area contributed by atoms with Gasteiger partial charge >= 0.3 is 0 Å². The largest absolute Gasteiger partial charge is 0.368 e. The predicted molar refractivity (Wildman–Crippen MR) is 86.0 cm³/mol. The van der Waals surface area contributed by atoms with Crippen molar-refractivity contribution >= 4 is 24.0 Å². The summed E-state index contributed by atoms with van der Waals surface area (Å²) in [5.74, 6) is 0.0973. The molecule has 0 unspecified atom stereocenters. The summed E-state index contributed by atoms with van der Waals surface area (Å²) < 4.78 is 0. The van der Waals surface area contributed by atoms with E-state index in [4.69, 9.17) is 0 Å². The van der Waals surface area contributed by atoms with Gasteiger partial charge in [0, 0.05) is 49.8 Å². The van der Waals surface area contributed by atoms with Gasteiger partial charge < -0.3 is 9.80 Å². The van der Waals surface area contributed by atoms with E-state index < -0.39 is 0 Å². The molecule has 1 saturated heterocycles. The van der Waals surface area contributed by atoms with Crippen LogP contribution in [0.5, 0.6) is 0 Å². The number of nitrogens with zero attached hydrogens (tertiary/aromatic N) is 3. The lowest BCUT2D eigenvalue weighted by molar-refractivity contribution is 0.0746. The Balaban J connectivity index is 0.00000161. The fourth-order valence-electron chi connectivity index (χ4n) is 2.48. The highest BCUT2D eigenvalue weighted by Crippen LogP contribution is 2.16. The summed E-state index contributed by atoms with van der Waals surface area (Å²) in [6, 6.07) is 13.9. The van der Waals surface area contributed by atoms with Crippen LogP contribution in [0.25, 0.3) is 0 Å². The summed E-state index contributed by atoms with van der Waals surface area (Å²) in [5.41, 5.74) is 1.94. The number of hydrogen-bond acceptors (Lipinski definition) is 3. The molecule has 1 fully saturated rings. The molecule has 1 aliphatic rings. The molecule has 4 nitrogen and oxygen atoms in total. The second-order valence-corrected chi connectivity index (χ2v) is 4.85. The van der Waals surface area contributed by atoms with Crippen LogP contribution in [-0.2, 0) is 0 Å². The standard InChI is InChI=1S/C16H17N3O.ClH/c20-16(14-6-8-17-9-7-14)19-12-10-18(11-13-19)15-4-2-1-3-5-15;/h1-9H,10-13H2;1H. The third kappa shape index (κ3) is 3.52. The molecule has 1 amide bonds. The van der Waals surface area contributed by atoms with Crippen molar-refractivity contribution in [2.75, 3.05) is 31.1 Å². The molecule has 0 N–H and O–H groups in total. The first-order valence-electron chi connectivity index (χ1n) is 6.84. The Bertz CT molecular complexity index is 569. The zero-order valence-electron chi connectivity index (χ0n) is 11.7. The van der Waals surface area contributed by atoms with Crippen molar-refractivity contribution in [3.8, 4) is 0 Å². The molecule has 5 heteroatoms.